The molecule has 1 aliphatic rings. The average molecular weight is 435 g/mol. The van der Waals surface area contributed by atoms with Crippen molar-refractivity contribution in [2.45, 2.75) is 26.0 Å². The highest BCUT2D eigenvalue weighted by molar-refractivity contribution is 9.09. The Morgan fingerprint density at radius 2 is 2.04 bits per heavy atom. The summed E-state index contributed by atoms with van der Waals surface area (Å²) in [6.07, 6.45) is 0.132. The van der Waals surface area contributed by atoms with Gasteiger partial charge in [0.25, 0.3) is 0 Å². The van der Waals surface area contributed by atoms with Gasteiger partial charge in [-0.15, -0.1) is 0 Å². The van der Waals surface area contributed by atoms with Gasteiger partial charge in [0.15, 0.2) is 0 Å². The lowest BCUT2D eigenvalue weighted by molar-refractivity contribution is -0.118. The van der Waals surface area contributed by atoms with Crippen molar-refractivity contribution in [3.05, 3.63) is 53.8 Å². The Morgan fingerprint density at radius 3 is 2.63 bits per heavy atom. The number of anilines is 1. The molecule has 0 aromatic heterocycles. The van der Waals surface area contributed by atoms with Crippen molar-refractivity contribution < 1.29 is 18.7 Å². The van der Waals surface area contributed by atoms with Gasteiger partial charge in [-0.25, -0.2) is 9.18 Å². The van der Waals surface area contributed by atoms with Gasteiger partial charge in [-0.3, -0.25) is 9.69 Å². The van der Waals surface area contributed by atoms with E-state index in [0.717, 1.165) is 17.5 Å². The van der Waals surface area contributed by atoms with Gasteiger partial charge in [0, 0.05) is 12.1 Å². The SMILES string of the molecule is CC[C@H]1CN(c2ccc(-c3ccc(CNC(=O)CBr)cc3)c(F)c2)C(=O)O1. The van der Waals surface area contributed by atoms with E-state index in [1.165, 1.54) is 11.0 Å². The summed E-state index contributed by atoms with van der Waals surface area (Å²) >= 11 is 3.09. The van der Waals surface area contributed by atoms with Gasteiger partial charge in [0.05, 0.1) is 17.6 Å². The summed E-state index contributed by atoms with van der Waals surface area (Å²) in [6, 6.07) is 12.1. The molecule has 0 unspecified atom stereocenters. The highest BCUT2D eigenvalue weighted by Crippen LogP contribution is 2.29. The Hall–Kier alpha value is -2.41. The molecule has 0 radical (unpaired) electrons. The molecule has 3 rings (SSSR count). The molecule has 2 aromatic carbocycles. The van der Waals surface area contributed by atoms with E-state index in [1.807, 2.05) is 31.2 Å². The maximum atomic E-state index is 14.7. The van der Waals surface area contributed by atoms with Crippen molar-refractivity contribution in [3.8, 4) is 11.1 Å². The average Bonchev–Trinajstić information content (AvgIpc) is 3.07. The predicted octanol–water partition coefficient (Wildman–Crippen LogP) is 4.24. The number of hydrogen-bond acceptors (Lipinski definition) is 3. The molecule has 1 atom stereocenters. The summed E-state index contributed by atoms with van der Waals surface area (Å²) in [7, 11) is 0. The number of hydrogen-bond donors (Lipinski definition) is 1. The summed E-state index contributed by atoms with van der Waals surface area (Å²) in [4.78, 5) is 24.7. The number of rotatable bonds is 6. The van der Waals surface area contributed by atoms with Gasteiger partial charge in [0.1, 0.15) is 11.9 Å². The molecular formula is C20H20BrFN2O3. The second-order valence-corrected chi connectivity index (χ2v) is 6.86. The van der Waals surface area contributed by atoms with Crippen LogP contribution in [0.15, 0.2) is 42.5 Å². The van der Waals surface area contributed by atoms with Crippen molar-refractivity contribution in [1.82, 2.24) is 5.32 Å². The molecule has 1 heterocycles. The van der Waals surface area contributed by atoms with Crippen LogP contribution in [0.4, 0.5) is 14.9 Å². The lowest BCUT2D eigenvalue weighted by Crippen LogP contribution is -2.24. The molecule has 1 saturated heterocycles. The molecule has 1 aliphatic heterocycles. The van der Waals surface area contributed by atoms with Crippen LogP contribution in [0.1, 0.15) is 18.9 Å². The highest BCUT2D eigenvalue weighted by Gasteiger charge is 2.31. The zero-order chi connectivity index (χ0) is 19.4. The smallest absolute Gasteiger partial charge is 0.414 e. The van der Waals surface area contributed by atoms with E-state index >= 15 is 0 Å². The van der Waals surface area contributed by atoms with E-state index < -0.39 is 11.9 Å². The fraction of sp³-hybridized carbons (Fsp3) is 0.300. The number of nitrogens with zero attached hydrogens (tertiary/aromatic N) is 1. The van der Waals surface area contributed by atoms with Crippen molar-refractivity contribution in [3.63, 3.8) is 0 Å². The molecule has 142 valence electrons. The van der Waals surface area contributed by atoms with Gasteiger partial charge < -0.3 is 10.1 Å². The fourth-order valence-electron chi connectivity index (χ4n) is 2.90. The van der Waals surface area contributed by atoms with Crippen molar-refractivity contribution in [2.24, 2.45) is 0 Å². The lowest BCUT2D eigenvalue weighted by atomic mass is 10.0. The van der Waals surface area contributed by atoms with Crippen LogP contribution in [0.2, 0.25) is 0 Å². The molecule has 0 spiro atoms. The van der Waals surface area contributed by atoms with Crippen LogP contribution < -0.4 is 10.2 Å². The molecule has 0 saturated carbocycles. The first-order chi connectivity index (χ1) is 13.0. The first-order valence-electron chi connectivity index (χ1n) is 8.71. The first-order valence-corrected chi connectivity index (χ1v) is 9.83. The third kappa shape index (κ3) is 4.47. The summed E-state index contributed by atoms with van der Waals surface area (Å²) in [5.74, 6) is -0.493. The fourth-order valence-corrected chi connectivity index (χ4v) is 3.10. The standard InChI is InChI=1S/C20H20BrFN2O3/c1-2-16-12-24(20(26)27-16)15-7-8-17(18(22)9-15)14-5-3-13(4-6-14)11-23-19(25)10-21/h3-9,16H,2,10-12H2,1H3,(H,23,25)/t16-/m0/s1. The summed E-state index contributed by atoms with van der Waals surface area (Å²) in [6.45, 7) is 2.80. The monoisotopic (exact) mass is 434 g/mol. The predicted molar refractivity (Wildman–Crippen MR) is 105 cm³/mol. The minimum absolute atomic E-state index is 0.0912. The van der Waals surface area contributed by atoms with Gasteiger partial charge in [-0.1, -0.05) is 47.1 Å². The normalized spacial score (nSPS) is 16.3. The Labute approximate surface area is 165 Å². The second-order valence-electron chi connectivity index (χ2n) is 6.30. The number of halogens is 2. The zero-order valence-electron chi connectivity index (χ0n) is 14.9. The largest absolute Gasteiger partial charge is 0.444 e. The van der Waals surface area contributed by atoms with Crippen molar-refractivity contribution in [2.75, 3.05) is 16.8 Å². The molecule has 1 N–H and O–H groups in total. The summed E-state index contributed by atoms with van der Waals surface area (Å²) in [5.41, 5.74) is 2.60. The third-order valence-corrected chi connectivity index (χ3v) is 4.98. The number of benzene rings is 2. The third-order valence-electron chi connectivity index (χ3n) is 4.47. The molecule has 2 amide bonds. The molecule has 27 heavy (non-hydrogen) atoms. The topological polar surface area (TPSA) is 58.6 Å². The summed E-state index contributed by atoms with van der Waals surface area (Å²) < 4.78 is 19.9. The van der Waals surface area contributed by atoms with Gasteiger partial charge in [-0.05, 0) is 35.7 Å². The van der Waals surface area contributed by atoms with E-state index in [9.17, 15) is 14.0 Å². The number of carbonyl (C=O) groups is 2. The number of carbonyl (C=O) groups excluding carboxylic acids is 2. The van der Waals surface area contributed by atoms with E-state index in [4.69, 9.17) is 4.74 Å². The minimum Gasteiger partial charge on any atom is -0.444 e. The van der Waals surface area contributed by atoms with Gasteiger partial charge in [0.2, 0.25) is 5.91 Å². The van der Waals surface area contributed by atoms with E-state index in [0.29, 0.717) is 24.3 Å². The maximum absolute atomic E-state index is 14.7. The Kier molecular flexibility index (Phi) is 6.11. The minimum atomic E-state index is -0.441. The first kappa shape index (κ1) is 19.4. The molecule has 2 aromatic rings. The summed E-state index contributed by atoms with van der Waals surface area (Å²) in [5, 5.41) is 3.02. The maximum Gasteiger partial charge on any atom is 0.414 e. The van der Waals surface area contributed by atoms with E-state index in [2.05, 4.69) is 21.2 Å². The van der Waals surface area contributed by atoms with Crippen LogP contribution in [0.3, 0.4) is 0 Å². The van der Waals surface area contributed by atoms with Crippen molar-refractivity contribution >= 4 is 33.6 Å². The molecular weight excluding hydrogens is 415 g/mol. The van der Waals surface area contributed by atoms with Crippen LogP contribution in [0.5, 0.6) is 0 Å². The van der Waals surface area contributed by atoms with Gasteiger partial charge in [-0.2, -0.15) is 0 Å². The van der Waals surface area contributed by atoms with E-state index in [-0.39, 0.29) is 17.3 Å². The molecule has 5 nitrogen and oxygen atoms in total. The number of nitrogens with one attached hydrogen (secondary N) is 1. The van der Waals surface area contributed by atoms with Crippen molar-refractivity contribution in [1.29, 1.82) is 0 Å². The Balaban J connectivity index is 1.74. The number of cyclic esters (lactones) is 1. The van der Waals surface area contributed by atoms with E-state index in [1.54, 1.807) is 12.1 Å². The van der Waals surface area contributed by atoms with Crippen LogP contribution in [-0.4, -0.2) is 30.0 Å². The lowest BCUT2D eigenvalue weighted by Gasteiger charge is -2.14. The van der Waals surface area contributed by atoms with Crippen LogP contribution in [0.25, 0.3) is 11.1 Å². The van der Waals surface area contributed by atoms with Gasteiger partial charge >= 0.3 is 6.09 Å². The number of amides is 2. The van der Waals surface area contributed by atoms with Crippen LogP contribution >= 0.6 is 15.9 Å². The second kappa shape index (κ2) is 8.52. The zero-order valence-corrected chi connectivity index (χ0v) is 16.5. The number of alkyl halides is 1. The number of ether oxygens (including phenoxy) is 1. The van der Waals surface area contributed by atoms with Crippen LogP contribution in [-0.2, 0) is 16.1 Å². The molecule has 0 aliphatic carbocycles. The quantitative estimate of drug-likeness (QED) is 0.691. The Bertz CT molecular complexity index is 842. The molecule has 1 fully saturated rings. The molecule has 0 bridgehead atoms. The highest BCUT2D eigenvalue weighted by atomic mass is 79.9. The Morgan fingerprint density at radius 1 is 1.30 bits per heavy atom. The molecule has 7 heteroatoms. The van der Waals surface area contributed by atoms with Crippen LogP contribution in [0, 0.1) is 5.82 Å².